The summed E-state index contributed by atoms with van der Waals surface area (Å²) < 4.78 is 5.39. The Morgan fingerprint density at radius 2 is 2.06 bits per heavy atom. The highest BCUT2D eigenvalue weighted by Gasteiger charge is 2.19. The van der Waals surface area contributed by atoms with E-state index in [4.69, 9.17) is 16.3 Å². The van der Waals surface area contributed by atoms with Gasteiger partial charge in [-0.25, -0.2) is 0 Å². The quantitative estimate of drug-likeness (QED) is 0.688. The fourth-order valence-electron chi connectivity index (χ4n) is 1.93. The van der Waals surface area contributed by atoms with Gasteiger partial charge in [-0.3, -0.25) is 0 Å². The third-order valence-corrected chi connectivity index (χ3v) is 3.58. The van der Waals surface area contributed by atoms with Crippen molar-refractivity contribution in [2.45, 2.75) is 44.9 Å². The monoisotopic (exact) mass is 240 g/mol. The summed E-state index contributed by atoms with van der Waals surface area (Å²) in [4.78, 5) is 0. The first-order valence-corrected chi connectivity index (χ1v) is 6.32. The van der Waals surface area contributed by atoms with Crippen LogP contribution < -0.4 is 4.74 Å². The molecule has 0 amide bonds. The number of hydrogen-bond acceptors (Lipinski definition) is 1. The van der Waals surface area contributed by atoms with E-state index >= 15 is 0 Å². The van der Waals surface area contributed by atoms with Gasteiger partial charge in [0.05, 0.1) is 7.11 Å². The van der Waals surface area contributed by atoms with Crippen LogP contribution in [0.25, 0.3) is 0 Å². The SMILES string of the molecule is CCCC(Cl)C(C)c1cc(C)ccc1OC. The van der Waals surface area contributed by atoms with Crippen LogP contribution in [0.5, 0.6) is 5.75 Å². The van der Waals surface area contributed by atoms with Crippen LogP contribution in [0.1, 0.15) is 43.7 Å². The number of methoxy groups -OCH3 is 1. The first kappa shape index (κ1) is 13.4. The molecule has 0 aliphatic rings. The zero-order chi connectivity index (χ0) is 12.1. The fraction of sp³-hybridized carbons (Fsp3) is 0.571. The summed E-state index contributed by atoms with van der Waals surface area (Å²) in [5.41, 5.74) is 2.47. The summed E-state index contributed by atoms with van der Waals surface area (Å²) in [7, 11) is 1.71. The maximum Gasteiger partial charge on any atom is 0.122 e. The van der Waals surface area contributed by atoms with Crippen molar-refractivity contribution < 1.29 is 4.74 Å². The molecule has 2 heteroatoms. The molecule has 1 aromatic carbocycles. The molecule has 0 aliphatic heterocycles. The lowest BCUT2D eigenvalue weighted by atomic mass is 9.93. The fourth-order valence-corrected chi connectivity index (χ4v) is 2.28. The molecule has 0 fully saturated rings. The van der Waals surface area contributed by atoms with Crippen molar-refractivity contribution in [1.82, 2.24) is 0 Å². The van der Waals surface area contributed by atoms with Crippen molar-refractivity contribution in [1.29, 1.82) is 0 Å². The molecular weight excluding hydrogens is 220 g/mol. The molecule has 1 rings (SSSR count). The molecule has 0 saturated heterocycles. The largest absolute Gasteiger partial charge is 0.496 e. The number of rotatable bonds is 5. The van der Waals surface area contributed by atoms with Crippen LogP contribution in [0.4, 0.5) is 0 Å². The number of halogens is 1. The van der Waals surface area contributed by atoms with Gasteiger partial charge >= 0.3 is 0 Å². The van der Waals surface area contributed by atoms with Gasteiger partial charge in [-0.05, 0) is 25.0 Å². The zero-order valence-corrected chi connectivity index (χ0v) is 11.3. The Morgan fingerprint density at radius 1 is 1.38 bits per heavy atom. The van der Waals surface area contributed by atoms with E-state index in [1.54, 1.807) is 7.11 Å². The van der Waals surface area contributed by atoms with E-state index in [1.165, 1.54) is 11.1 Å². The minimum Gasteiger partial charge on any atom is -0.496 e. The molecule has 0 spiro atoms. The van der Waals surface area contributed by atoms with E-state index in [-0.39, 0.29) is 5.38 Å². The van der Waals surface area contributed by atoms with Crippen molar-refractivity contribution in [3.05, 3.63) is 29.3 Å². The van der Waals surface area contributed by atoms with Crippen LogP contribution in [-0.2, 0) is 0 Å². The molecule has 16 heavy (non-hydrogen) atoms. The Balaban J connectivity index is 2.96. The molecule has 1 aromatic rings. The summed E-state index contributed by atoms with van der Waals surface area (Å²) in [6, 6.07) is 6.27. The van der Waals surface area contributed by atoms with Crippen LogP contribution in [0.3, 0.4) is 0 Å². The number of ether oxygens (including phenoxy) is 1. The standard InChI is InChI=1S/C14H21ClO/c1-5-6-13(15)11(3)12-9-10(2)7-8-14(12)16-4/h7-9,11,13H,5-6H2,1-4H3. The van der Waals surface area contributed by atoms with Crippen LogP contribution >= 0.6 is 11.6 Å². The molecule has 1 nitrogen and oxygen atoms in total. The van der Waals surface area contributed by atoms with Gasteiger partial charge in [0.1, 0.15) is 5.75 Å². The number of hydrogen-bond donors (Lipinski definition) is 0. The van der Waals surface area contributed by atoms with E-state index in [0.29, 0.717) is 5.92 Å². The molecule has 90 valence electrons. The molecule has 2 unspecified atom stereocenters. The smallest absolute Gasteiger partial charge is 0.122 e. The third-order valence-electron chi connectivity index (χ3n) is 2.98. The predicted octanol–water partition coefficient (Wildman–Crippen LogP) is 4.51. The van der Waals surface area contributed by atoms with Gasteiger partial charge in [-0.15, -0.1) is 11.6 Å². The third kappa shape index (κ3) is 3.15. The second-order valence-electron chi connectivity index (χ2n) is 4.34. The summed E-state index contributed by atoms with van der Waals surface area (Å²) in [6.45, 7) is 6.43. The lowest BCUT2D eigenvalue weighted by Crippen LogP contribution is -2.10. The highest BCUT2D eigenvalue weighted by Crippen LogP contribution is 2.33. The van der Waals surface area contributed by atoms with Crippen molar-refractivity contribution >= 4 is 11.6 Å². The summed E-state index contributed by atoms with van der Waals surface area (Å²) in [5, 5.41) is 0.181. The van der Waals surface area contributed by atoms with Crippen LogP contribution in [0.2, 0.25) is 0 Å². The lowest BCUT2D eigenvalue weighted by Gasteiger charge is -2.20. The normalized spacial score (nSPS) is 14.6. The average molecular weight is 241 g/mol. The zero-order valence-electron chi connectivity index (χ0n) is 10.6. The van der Waals surface area contributed by atoms with Crippen molar-refractivity contribution in [3.63, 3.8) is 0 Å². The average Bonchev–Trinajstić information content (AvgIpc) is 2.28. The topological polar surface area (TPSA) is 9.23 Å². The molecule has 0 N–H and O–H groups in total. The maximum absolute atomic E-state index is 6.39. The van der Waals surface area contributed by atoms with Crippen LogP contribution in [0.15, 0.2) is 18.2 Å². The van der Waals surface area contributed by atoms with E-state index in [0.717, 1.165) is 18.6 Å². The van der Waals surface area contributed by atoms with Crippen LogP contribution in [0, 0.1) is 6.92 Å². The van der Waals surface area contributed by atoms with Crippen LogP contribution in [-0.4, -0.2) is 12.5 Å². The Hall–Kier alpha value is -0.690. The minimum absolute atomic E-state index is 0.181. The Labute approximate surface area is 104 Å². The van der Waals surface area contributed by atoms with Crippen molar-refractivity contribution in [2.75, 3.05) is 7.11 Å². The molecule has 0 aliphatic carbocycles. The van der Waals surface area contributed by atoms with Gasteiger partial charge in [-0.1, -0.05) is 38.0 Å². The summed E-state index contributed by atoms with van der Waals surface area (Å²) in [5.74, 6) is 1.27. The highest BCUT2D eigenvalue weighted by atomic mass is 35.5. The van der Waals surface area contributed by atoms with E-state index < -0.39 is 0 Å². The second-order valence-corrected chi connectivity index (χ2v) is 4.90. The first-order valence-electron chi connectivity index (χ1n) is 5.88. The Morgan fingerprint density at radius 3 is 2.62 bits per heavy atom. The van der Waals surface area contributed by atoms with Gasteiger partial charge in [0, 0.05) is 11.3 Å². The van der Waals surface area contributed by atoms with Gasteiger partial charge < -0.3 is 4.74 Å². The maximum atomic E-state index is 6.39. The molecule has 0 heterocycles. The molecule has 2 atom stereocenters. The van der Waals surface area contributed by atoms with E-state index in [9.17, 15) is 0 Å². The van der Waals surface area contributed by atoms with Crippen molar-refractivity contribution in [2.24, 2.45) is 0 Å². The van der Waals surface area contributed by atoms with Crippen molar-refractivity contribution in [3.8, 4) is 5.75 Å². The predicted molar refractivity (Wildman–Crippen MR) is 70.7 cm³/mol. The molecule has 0 bridgehead atoms. The number of alkyl halides is 1. The number of aryl methyl sites for hydroxylation is 1. The molecular formula is C14H21ClO. The van der Waals surface area contributed by atoms with Gasteiger partial charge in [-0.2, -0.15) is 0 Å². The minimum atomic E-state index is 0.181. The Kier molecular flexibility index (Phi) is 5.14. The lowest BCUT2D eigenvalue weighted by molar-refractivity contribution is 0.405. The first-order chi connectivity index (χ1) is 7.60. The van der Waals surface area contributed by atoms with Gasteiger partial charge in [0.2, 0.25) is 0 Å². The van der Waals surface area contributed by atoms with E-state index in [2.05, 4.69) is 32.9 Å². The number of benzene rings is 1. The Bertz CT molecular complexity index is 336. The highest BCUT2D eigenvalue weighted by molar-refractivity contribution is 6.21. The molecule has 0 aromatic heterocycles. The summed E-state index contributed by atoms with van der Waals surface area (Å²) >= 11 is 6.39. The second kappa shape index (κ2) is 6.15. The summed E-state index contributed by atoms with van der Waals surface area (Å²) in [6.07, 6.45) is 2.16. The molecule has 0 saturated carbocycles. The molecule has 0 radical (unpaired) electrons. The van der Waals surface area contributed by atoms with Gasteiger partial charge in [0.15, 0.2) is 0 Å². The van der Waals surface area contributed by atoms with Gasteiger partial charge in [0.25, 0.3) is 0 Å². The van der Waals surface area contributed by atoms with E-state index in [1.807, 2.05) is 6.07 Å².